The summed E-state index contributed by atoms with van der Waals surface area (Å²) in [6.45, 7) is 1.67. The van der Waals surface area contributed by atoms with Crippen molar-refractivity contribution in [1.29, 1.82) is 0 Å². The molecular formula is C13H15ClFNO4S. The van der Waals surface area contributed by atoms with Gasteiger partial charge in [-0.15, -0.1) is 0 Å². The highest BCUT2D eigenvalue weighted by Gasteiger charge is 2.41. The summed E-state index contributed by atoms with van der Waals surface area (Å²) in [6, 6.07) is 2.87. The molecule has 0 bridgehead atoms. The van der Waals surface area contributed by atoms with Crippen molar-refractivity contribution in [2.75, 3.05) is 6.54 Å². The first-order valence-electron chi connectivity index (χ1n) is 6.45. The Morgan fingerprint density at radius 3 is 2.71 bits per heavy atom. The first kappa shape index (κ1) is 16.2. The molecule has 1 fully saturated rings. The summed E-state index contributed by atoms with van der Waals surface area (Å²) in [5.74, 6) is -2.80. The maximum absolute atomic E-state index is 13.9. The maximum atomic E-state index is 13.9. The fourth-order valence-corrected chi connectivity index (χ4v) is 4.90. The minimum Gasteiger partial charge on any atom is -0.481 e. The van der Waals surface area contributed by atoms with Gasteiger partial charge in [-0.25, -0.2) is 12.8 Å². The number of rotatable bonds is 3. The van der Waals surface area contributed by atoms with Gasteiger partial charge in [0.25, 0.3) is 0 Å². The molecule has 5 nitrogen and oxygen atoms in total. The molecule has 0 amide bonds. The van der Waals surface area contributed by atoms with E-state index in [2.05, 4.69) is 0 Å². The van der Waals surface area contributed by atoms with Crippen molar-refractivity contribution >= 4 is 27.6 Å². The number of benzene rings is 1. The van der Waals surface area contributed by atoms with Gasteiger partial charge in [0, 0.05) is 12.6 Å². The molecule has 0 unspecified atom stereocenters. The second kappa shape index (κ2) is 5.90. The van der Waals surface area contributed by atoms with E-state index in [1.807, 2.05) is 0 Å². The van der Waals surface area contributed by atoms with Crippen LogP contribution >= 0.6 is 11.6 Å². The van der Waals surface area contributed by atoms with Gasteiger partial charge >= 0.3 is 5.97 Å². The van der Waals surface area contributed by atoms with Gasteiger partial charge in [-0.3, -0.25) is 4.79 Å². The molecule has 2 rings (SSSR count). The summed E-state index contributed by atoms with van der Waals surface area (Å²) >= 11 is 5.82. The van der Waals surface area contributed by atoms with Gasteiger partial charge in [0.2, 0.25) is 10.0 Å². The molecule has 0 radical (unpaired) electrons. The lowest BCUT2D eigenvalue weighted by Crippen LogP contribution is -2.49. The molecule has 1 aromatic rings. The lowest BCUT2D eigenvalue weighted by molar-refractivity contribution is -0.144. The highest BCUT2D eigenvalue weighted by Crippen LogP contribution is 2.33. The fourth-order valence-electron chi connectivity index (χ4n) is 2.63. The van der Waals surface area contributed by atoms with Crippen LogP contribution in [0.4, 0.5) is 4.39 Å². The molecule has 0 aliphatic carbocycles. The van der Waals surface area contributed by atoms with E-state index in [4.69, 9.17) is 16.7 Å². The van der Waals surface area contributed by atoms with Crippen LogP contribution in [0.5, 0.6) is 0 Å². The van der Waals surface area contributed by atoms with Crippen molar-refractivity contribution in [2.24, 2.45) is 5.92 Å². The second-order valence-corrected chi connectivity index (χ2v) is 7.23. The van der Waals surface area contributed by atoms with Gasteiger partial charge in [0.05, 0.1) is 10.9 Å². The molecule has 1 aliphatic heterocycles. The first-order chi connectivity index (χ1) is 9.76. The van der Waals surface area contributed by atoms with Crippen LogP contribution in [0, 0.1) is 11.7 Å². The zero-order valence-electron chi connectivity index (χ0n) is 11.3. The summed E-state index contributed by atoms with van der Waals surface area (Å²) in [7, 11) is -4.18. The number of hydrogen-bond donors (Lipinski definition) is 1. The van der Waals surface area contributed by atoms with Crippen LogP contribution in [0.25, 0.3) is 0 Å². The third-order valence-electron chi connectivity index (χ3n) is 3.73. The molecule has 1 heterocycles. The molecule has 1 aromatic carbocycles. The Balaban J connectivity index is 2.46. The van der Waals surface area contributed by atoms with Crippen molar-refractivity contribution in [1.82, 2.24) is 4.31 Å². The predicted octanol–water partition coefficient (Wildman–Crippen LogP) is 2.35. The van der Waals surface area contributed by atoms with Crippen LogP contribution in [-0.4, -0.2) is 36.4 Å². The van der Waals surface area contributed by atoms with Crippen LogP contribution in [0.2, 0.25) is 5.02 Å². The van der Waals surface area contributed by atoms with E-state index in [1.54, 1.807) is 0 Å². The van der Waals surface area contributed by atoms with Crippen LogP contribution in [0.3, 0.4) is 0 Å². The van der Waals surface area contributed by atoms with E-state index in [-0.39, 0.29) is 11.6 Å². The van der Waals surface area contributed by atoms with E-state index in [9.17, 15) is 17.6 Å². The van der Waals surface area contributed by atoms with Crippen LogP contribution < -0.4 is 0 Å². The summed E-state index contributed by atoms with van der Waals surface area (Å²) in [6.07, 6.45) is 0.806. The number of hydrogen-bond acceptors (Lipinski definition) is 3. The highest BCUT2D eigenvalue weighted by molar-refractivity contribution is 7.89. The first-order valence-corrected chi connectivity index (χ1v) is 8.27. The molecule has 21 heavy (non-hydrogen) atoms. The monoisotopic (exact) mass is 335 g/mol. The Kier molecular flexibility index (Phi) is 4.55. The average molecular weight is 336 g/mol. The average Bonchev–Trinajstić information content (AvgIpc) is 2.37. The number of carbonyl (C=O) groups is 1. The Bertz CT molecular complexity index is 644. The molecule has 116 valence electrons. The third kappa shape index (κ3) is 2.90. The summed E-state index contributed by atoms with van der Waals surface area (Å²) in [4.78, 5) is 10.6. The van der Waals surface area contributed by atoms with Crippen molar-refractivity contribution in [3.8, 4) is 0 Å². The predicted molar refractivity (Wildman–Crippen MR) is 75.1 cm³/mol. The molecular weight excluding hydrogens is 321 g/mol. The van der Waals surface area contributed by atoms with Crippen LogP contribution in [0.15, 0.2) is 23.1 Å². The van der Waals surface area contributed by atoms with E-state index in [0.717, 1.165) is 10.4 Å². The third-order valence-corrected chi connectivity index (χ3v) is 6.22. The molecule has 0 aromatic heterocycles. The molecule has 8 heteroatoms. The van der Waals surface area contributed by atoms with Gasteiger partial charge in [0.1, 0.15) is 10.7 Å². The number of piperidine rings is 1. The second-order valence-electron chi connectivity index (χ2n) is 4.99. The largest absolute Gasteiger partial charge is 0.481 e. The smallest absolute Gasteiger partial charge is 0.308 e. The van der Waals surface area contributed by atoms with Crippen molar-refractivity contribution < 1.29 is 22.7 Å². The Morgan fingerprint density at radius 1 is 1.48 bits per heavy atom. The number of nitrogens with zero attached hydrogens (tertiary/aromatic N) is 1. The molecule has 0 saturated carbocycles. The van der Waals surface area contributed by atoms with Crippen molar-refractivity contribution in [2.45, 2.75) is 30.7 Å². The molecule has 2 atom stereocenters. The number of carboxylic acid groups (broad SMARTS) is 1. The van der Waals surface area contributed by atoms with Gasteiger partial charge in [-0.1, -0.05) is 17.7 Å². The van der Waals surface area contributed by atoms with Crippen LogP contribution in [0.1, 0.15) is 19.8 Å². The number of sulfonamides is 1. The minimum atomic E-state index is -4.18. The van der Waals surface area contributed by atoms with E-state index >= 15 is 0 Å². The normalized spacial score (nSPS) is 24.0. The lowest BCUT2D eigenvalue weighted by atomic mass is 9.92. The van der Waals surface area contributed by atoms with Gasteiger partial charge in [0.15, 0.2) is 0 Å². The summed E-state index contributed by atoms with van der Waals surface area (Å²) in [5.41, 5.74) is 0. The van der Waals surface area contributed by atoms with Crippen molar-refractivity contribution in [3.05, 3.63) is 29.0 Å². The Morgan fingerprint density at radius 2 is 2.14 bits per heavy atom. The zero-order valence-corrected chi connectivity index (χ0v) is 12.9. The number of carboxylic acids is 1. The summed E-state index contributed by atoms with van der Waals surface area (Å²) in [5, 5.41) is 8.94. The van der Waals surface area contributed by atoms with Gasteiger partial charge < -0.3 is 5.11 Å². The zero-order chi connectivity index (χ0) is 15.8. The lowest BCUT2D eigenvalue weighted by Gasteiger charge is -2.36. The minimum absolute atomic E-state index is 0.151. The topological polar surface area (TPSA) is 74.7 Å². The number of halogens is 2. The SMILES string of the molecule is C[C@@H]1[C@H](C(=O)O)CCCN1S(=O)(=O)c1c(F)cccc1Cl. The fraction of sp³-hybridized carbons (Fsp3) is 0.462. The van der Waals surface area contributed by atoms with Crippen LogP contribution in [-0.2, 0) is 14.8 Å². The highest BCUT2D eigenvalue weighted by atomic mass is 35.5. The Hall–Kier alpha value is -1.18. The van der Waals surface area contributed by atoms with E-state index in [0.29, 0.717) is 12.8 Å². The standard InChI is InChI=1S/C13H15ClFNO4S/c1-8-9(13(17)18)4-3-7-16(8)21(19,20)12-10(14)5-2-6-11(12)15/h2,5-6,8-9H,3-4,7H2,1H3,(H,17,18)/t8-,9-/m1/s1. The molecule has 1 saturated heterocycles. The summed E-state index contributed by atoms with van der Waals surface area (Å²) < 4.78 is 40.1. The Labute approximate surface area is 127 Å². The van der Waals surface area contributed by atoms with E-state index in [1.165, 1.54) is 19.1 Å². The van der Waals surface area contributed by atoms with E-state index < -0.39 is 38.7 Å². The van der Waals surface area contributed by atoms with Crippen molar-refractivity contribution in [3.63, 3.8) is 0 Å². The molecule has 0 spiro atoms. The van der Waals surface area contributed by atoms with Gasteiger partial charge in [-0.2, -0.15) is 4.31 Å². The number of aliphatic carboxylic acids is 1. The molecule has 1 aliphatic rings. The van der Waals surface area contributed by atoms with Gasteiger partial charge in [-0.05, 0) is 31.9 Å². The molecule has 1 N–H and O–H groups in total. The quantitative estimate of drug-likeness (QED) is 0.920. The maximum Gasteiger partial charge on any atom is 0.308 e.